The summed E-state index contributed by atoms with van der Waals surface area (Å²) >= 11 is 0. The standard InChI is InChI=1S/C15H22O4/c1-9(2)11-7-6-10(3)12(8-11)13(14(16)18-4)15(17)19-5/h6,11-13H,1,7-8H2,2-5H3/t11-,12?/m0/s1. The minimum Gasteiger partial charge on any atom is -0.468 e. The molecule has 1 aliphatic carbocycles. The summed E-state index contributed by atoms with van der Waals surface area (Å²) in [5.41, 5.74) is 2.11. The van der Waals surface area contributed by atoms with Gasteiger partial charge in [0.05, 0.1) is 14.2 Å². The maximum absolute atomic E-state index is 11.9. The van der Waals surface area contributed by atoms with E-state index in [0.29, 0.717) is 5.92 Å². The van der Waals surface area contributed by atoms with Crippen LogP contribution >= 0.6 is 0 Å². The minimum atomic E-state index is -0.881. The molecule has 0 saturated carbocycles. The van der Waals surface area contributed by atoms with E-state index in [0.717, 1.165) is 24.0 Å². The molecule has 0 radical (unpaired) electrons. The Labute approximate surface area is 114 Å². The highest BCUT2D eigenvalue weighted by atomic mass is 16.5. The first-order valence-electron chi connectivity index (χ1n) is 6.40. The molecule has 19 heavy (non-hydrogen) atoms. The molecule has 0 N–H and O–H groups in total. The Hall–Kier alpha value is -1.58. The molecule has 1 rings (SSSR count). The van der Waals surface area contributed by atoms with Gasteiger partial charge in [-0.05, 0) is 32.6 Å². The SMILES string of the molecule is C=C(C)[C@H]1CC=C(C)C(C(C(=O)OC)C(=O)OC)C1. The number of rotatable bonds is 4. The fourth-order valence-electron chi connectivity index (χ4n) is 2.55. The van der Waals surface area contributed by atoms with Gasteiger partial charge in [0.15, 0.2) is 5.92 Å². The smallest absolute Gasteiger partial charge is 0.320 e. The molecule has 4 nitrogen and oxygen atoms in total. The van der Waals surface area contributed by atoms with Crippen LogP contribution in [-0.2, 0) is 19.1 Å². The molecular formula is C15H22O4. The molecule has 0 fully saturated rings. The predicted molar refractivity (Wildman–Crippen MR) is 72.3 cm³/mol. The highest BCUT2D eigenvalue weighted by Crippen LogP contribution is 2.37. The van der Waals surface area contributed by atoms with Gasteiger partial charge in [-0.3, -0.25) is 9.59 Å². The van der Waals surface area contributed by atoms with Gasteiger partial charge in [-0.1, -0.05) is 23.8 Å². The molecule has 0 aromatic rings. The van der Waals surface area contributed by atoms with Crippen molar-refractivity contribution in [1.82, 2.24) is 0 Å². The molecule has 0 saturated heterocycles. The molecule has 1 aliphatic rings. The lowest BCUT2D eigenvalue weighted by atomic mass is 9.73. The summed E-state index contributed by atoms with van der Waals surface area (Å²) in [4.78, 5) is 23.7. The number of ether oxygens (including phenoxy) is 2. The Morgan fingerprint density at radius 3 is 2.26 bits per heavy atom. The summed E-state index contributed by atoms with van der Waals surface area (Å²) in [5.74, 6) is -1.83. The molecule has 0 amide bonds. The van der Waals surface area contributed by atoms with E-state index in [1.54, 1.807) is 0 Å². The Morgan fingerprint density at radius 2 is 1.84 bits per heavy atom. The molecule has 0 aromatic heterocycles. The zero-order valence-corrected chi connectivity index (χ0v) is 12.1. The number of hydrogen-bond donors (Lipinski definition) is 0. The van der Waals surface area contributed by atoms with Crippen LogP contribution in [0.3, 0.4) is 0 Å². The Kier molecular flexibility index (Phi) is 5.33. The average molecular weight is 266 g/mol. The van der Waals surface area contributed by atoms with Crippen molar-refractivity contribution >= 4 is 11.9 Å². The fourth-order valence-corrected chi connectivity index (χ4v) is 2.55. The first kappa shape index (κ1) is 15.5. The van der Waals surface area contributed by atoms with Gasteiger partial charge < -0.3 is 9.47 Å². The van der Waals surface area contributed by atoms with Crippen molar-refractivity contribution in [2.24, 2.45) is 17.8 Å². The third-order valence-corrected chi connectivity index (χ3v) is 3.86. The third-order valence-electron chi connectivity index (χ3n) is 3.86. The van der Waals surface area contributed by atoms with E-state index < -0.39 is 17.9 Å². The van der Waals surface area contributed by atoms with Gasteiger partial charge in [-0.15, -0.1) is 0 Å². The molecule has 2 atom stereocenters. The van der Waals surface area contributed by atoms with Crippen molar-refractivity contribution in [2.45, 2.75) is 26.7 Å². The second kappa shape index (κ2) is 6.55. The van der Waals surface area contributed by atoms with Crippen molar-refractivity contribution < 1.29 is 19.1 Å². The van der Waals surface area contributed by atoms with E-state index in [4.69, 9.17) is 9.47 Å². The quantitative estimate of drug-likeness (QED) is 0.445. The van der Waals surface area contributed by atoms with Gasteiger partial charge in [0, 0.05) is 5.92 Å². The Morgan fingerprint density at radius 1 is 1.32 bits per heavy atom. The molecule has 106 valence electrons. The van der Waals surface area contributed by atoms with Gasteiger partial charge in [0.1, 0.15) is 0 Å². The van der Waals surface area contributed by atoms with Gasteiger partial charge in [-0.2, -0.15) is 0 Å². The second-order valence-corrected chi connectivity index (χ2v) is 5.09. The highest BCUT2D eigenvalue weighted by molar-refractivity contribution is 5.95. The van der Waals surface area contributed by atoms with E-state index in [1.807, 2.05) is 13.8 Å². The van der Waals surface area contributed by atoms with Gasteiger partial charge in [0.25, 0.3) is 0 Å². The fraction of sp³-hybridized carbons (Fsp3) is 0.600. The van der Waals surface area contributed by atoms with E-state index in [1.165, 1.54) is 14.2 Å². The van der Waals surface area contributed by atoms with Crippen molar-refractivity contribution in [2.75, 3.05) is 14.2 Å². The lowest BCUT2D eigenvalue weighted by Gasteiger charge is -2.32. The van der Waals surface area contributed by atoms with Crippen LogP contribution in [0.5, 0.6) is 0 Å². The topological polar surface area (TPSA) is 52.6 Å². The van der Waals surface area contributed by atoms with Crippen LogP contribution < -0.4 is 0 Å². The summed E-state index contributed by atoms with van der Waals surface area (Å²) in [7, 11) is 2.58. The lowest BCUT2D eigenvalue weighted by molar-refractivity contribution is -0.161. The van der Waals surface area contributed by atoms with Crippen molar-refractivity contribution in [1.29, 1.82) is 0 Å². The third kappa shape index (κ3) is 3.46. The number of allylic oxidation sites excluding steroid dienone is 3. The van der Waals surface area contributed by atoms with Crippen LogP contribution in [0.1, 0.15) is 26.7 Å². The largest absolute Gasteiger partial charge is 0.468 e. The minimum absolute atomic E-state index is 0.171. The molecule has 1 unspecified atom stereocenters. The maximum atomic E-state index is 11.9. The van der Waals surface area contributed by atoms with E-state index >= 15 is 0 Å². The monoisotopic (exact) mass is 266 g/mol. The molecule has 0 aliphatic heterocycles. The first-order chi connectivity index (χ1) is 8.92. The second-order valence-electron chi connectivity index (χ2n) is 5.09. The van der Waals surface area contributed by atoms with Crippen LogP contribution in [0.15, 0.2) is 23.8 Å². The summed E-state index contributed by atoms with van der Waals surface area (Å²) in [5, 5.41) is 0. The summed E-state index contributed by atoms with van der Waals surface area (Å²) < 4.78 is 9.49. The average Bonchev–Trinajstić information content (AvgIpc) is 2.40. The van der Waals surface area contributed by atoms with Crippen LogP contribution in [0.4, 0.5) is 0 Å². The van der Waals surface area contributed by atoms with Crippen LogP contribution in [-0.4, -0.2) is 26.2 Å². The Balaban J connectivity index is 3.03. The number of carbonyl (C=O) groups excluding carboxylic acids is 2. The zero-order chi connectivity index (χ0) is 14.6. The maximum Gasteiger partial charge on any atom is 0.320 e. The van der Waals surface area contributed by atoms with Crippen molar-refractivity contribution in [3.63, 3.8) is 0 Å². The predicted octanol–water partition coefficient (Wildman–Crippen LogP) is 2.50. The van der Waals surface area contributed by atoms with Crippen molar-refractivity contribution in [3.8, 4) is 0 Å². The van der Waals surface area contributed by atoms with E-state index in [9.17, 15) is 9.59 Å². The van der Waals surface area contributed by atoms with E-state index in [2.05, 4.69) is 12.7 Å². The van der Waals surface area contributed by atoms with Gasteiger partial charge in [-0.25, -0.2) is 0 Å². The number of hydrogen-bond acceptors (Lipinski definition) is 4. The van der Waals surface area contributed by atoms with Crippen LogP contribution in [0, 0.1) is 17.8 Å². The number of esters is 2. The van der Waals surface area contributed by atoms with Crippen molar-refractivity contribution in [3.05, 3.63) is 23.8 Å². The molecule has 0 heterocycles. The summed E-state index contributed by atoms with van der Waals surface area (Å²) in [6.45, 7) is 7.88. The Bertz CT molecular complexity index is 392. The first-order valence-corrected chi connectivity index (χ1v) is 6.40. The van der Waals surface area contributed by atoms with Crippen LogP contribution in [0.25, 0.3) is 0 Å². The van der Waals surface area contributed by atoms with E-state index in [-0.39, 0.29) is 5.92 Å². The van der Waals surface area contributed by atoms with Gasteiger partial charge in [0.2, 0.25) is 0 Å². The normalized spacial score (nSPS) is 22.7. The number of methoxy groups -OCH3 is 2. The molecular weight excluding hydrogens is 244 g/mol. The summed E-state index contributed by atoms with van der Waals surface area (Å²) in [6.07, 6.45) is 3.71. The molecule has 0 bridgehead atoms. The highest BCUT2D eigenvalue weighted by Gasteiger charge is 2.40. The molecule has 4 heteroatoms. The lowest BCUT2D eigenvalue weighted by Crippen LogP contribution is -2.36. The summed E-state index contributed by atoms with van der Waals surface area (Å²) in [6, 6.07) is 0. The molecule has 0 aromatic carbocycles. The van der Waals surface area contributed by atoms with Gasteiger partial charge >= 0.3 is 11.9 Å². The molecule has 0 spiro atoms. The number of carbonyl (C=O) groups is 2. The zero-order valence-electron chi connectivity index (χ0n) is 12.1. The van der Waals surface area contributed by atoms with Crippen LogP contribution in [0.2, 0.25) is 0 Å².